The summed E-state index contributed by atoms with van der Waals surface area (Å²) in [7, 11) is -4.50. The van der Waals surface area contributed by atoms with Crippen molar-refractivity contribution in [3.63, 3.8) is 0 Å². The van der Waals surface area contributed by atoms with Gasteiger partial charge in [0.25, 0.3) is 0 Å². The molecule has 0 aromatic rings. The van der Waals surface area contributed by atoms with E-state index in [0.717, 1.165) is 0 Å². The molecular formula is C3H10NaO6P. The van der Waals surface area contributed by atoms with Crippen molar-refractivity contribution in [2.45, 2.75) is 6.10 Å². The molecule has 0 aliphatic rings. The van der Waals surface area contributed by atoms with Crippen LogP contribution in [0.5, 0.6) is 0 Å². The molecule has 11 heavy (non-hydrogen) atoms. The van der Waals surface area contributed by atoms with E-state index in [-0.39, 0.29) is 29.6 Å². The minimum absolute atomic E-state index is 0. The van der Waals surface area contributed by atoms with Gasteiger partial charge < -0.3 is 20.0 Å². The van der Waals surface area contributed by atoms with Crippen LogP contribution in [-0.4, -0.2) is 68.9 Å². The third-order valence-electron chi connectivity index (χ3n) is 0.646. The molecule has 0 aliphatic carbocycles. The summed E-state index contributed by atoms with van der Waals surface area (Å²) in [5.41, 5.74) is 0. The summed E-state index contributed by atoms with van der Waals surface area (Å²) in [5.74, 6) is 0. The number of phosphoric ester groups is 1. The Labute approximate surface area is 85.7 Å². The number of aliphatic hydroxyl groups excluding tert-OH is 2. The molecule has 0 bridgehead atoms. The van der Waals surface area contributed by atoms with Gasteiger partial charge in [0.2, 0.25) is 0 Å². The third-order valence-corrected chi connectivity index (χ3v) is 1.13. The molecular weight excluding hydrogens is 186 g/mol. The average molecular weight is 196 g/mol. The summed E-state index contributed by atoms with van der Waals surface area (Å²) in [6.45, 7) is -1.15. The van der Waals surface area contributed by atoms with Crippen LogP contribution in [0.2, 0.25) is 0 Å². The zero-order valence-electron chi connectivity index (χ0n) is 5.04. The number of phosphoric acid groups is 1. The first-order valence-electron chi connectivity index (χ1n) is 2.44. The molecule has 1 atom stereocenters. The maximum absolute atomic E-state index is 9.93. The van der Waals surface area contributed by atoms with E-state index in [0.29, 0.717) is 0 Å². The fraction of sp³-hybridized carbons (Fsp3) is 1.00. The van der Waals surface area contributed by atoms with E-state index < -0.39 is 27.1 Å². The van der Waals surface area contributed by atoms with Crippen molar-refractivity contribution < 1.29 is 29.1 Å². The molecule has 0 aromatic carbocycles. The van der Waals surface area contributed by atoms with Crippen molar-refractivity contribution >= 4 is 37.4 Å². The number of aliphatic hydroxyl groups is 2. The van der Waals surface area contributed by atoms with Gasteiger partial charge >= 0.3 is 37.4 Å². The van der Waals surface area contributed by atoms with E-state index in [1.807, 2.05) is 0 Å². The Kier molecular flexibility index (Phi) is 8.64. The summed E-state index contributed by atoms with van der Waals surface area (Å²) in [6.07, 6.45) is -1.24. The molecule has 0 aromatic heterocycles. The molecule has 0 rings (SSSR count). The Morgan fingerprint density at radius 3 is 2.18 bits per heavy atom. The molecule has 0 saturated carbocycles. The van der Waals surface area contributed by atoms with E-state index in [1.54, 1.807) is 0 Å². The Morgan fingerprint density at radius 1 is 1.45 bits per heavy atom. The molecule has 8 heteroatoms. The SMILES string of the molecule is O=P(O)(O)OCC(O)CO.[NaH]. The van der Waals surface area contributed by atoms with Gasteiger partial charge in [-0.1, -0.05) is 0 Å². The van der Waals surface area contributed by atoms with Gasteiger partial charge in [0.1, 0.15) is 6.10 Å². The first-order valence-corrected chi connectivity index (χ1v) is 3.98. The Hall–Kier alpha value is 1.03. The van der Waals surface area contributed by atoms with Crippen molar-refractivity contribution in [3.8, 4) is 0 Å². The molecule has 0 fully saturated rings. The Bertz CT molecular complexity index is 134. The Morgan fingerprint density at radius 2 is 1.91 bits per heavy atom. The van der Waals surface area contributed by atoms with Crippen LogP contribution in [0, 0.1) is 0 Å². The topological polar surface area (TPSA) is 107 Å². The molecule has 1 unspecified atom stereocenters. The second-order valence-electron chi connectivity index (χ2n) is 1.62. The molecule has 0 aliphatic heterocycles. The van der Waals surface area contributed by atoms with Crippen molar-refractivity contribution in [2.75, 3.05) is 13.2 Å². The summed E-state index contributed by atoms with van der Waals surface area (Å²) >= 11 is 0. The second-order valence-corrected chi connectivity index (χ2v) is 2.86. The zero-order chi connectivity index (χ0) is 8.20. The summed E-state index contributed by atoms with van der Waals surface area (Å²) in [6, 6.07) is 0. The van der Waals surface area contributed by atoms with E-state index in [2.05, 4.69) is 4.52 Å². The molecule has 0 spiro atoms. The van der Waals surface area contributed by atoms with Gasteiger partial charge in [0.05, 0.1) is 13.2 Å². The van der Waals surface area contributed by atoms with Crippen LogP contribution in [0.15, 0.2) is 0 Å². The van der Waals surface area contributed by atoms with E-state index in [1.165, 1.54) is 0 Å². The fourth-order valence-corrected chi connectivity index (χ4v) is 0.602. The summed E-state index contributed by atoms with van der Waals surface area (Å²) in [5, 5.41) is 16.7. The van der Waals surface area contributed by atoms with Crippen LogP contribution >= 0.6 is 7.82 Å². The second kappa shape index (κ2) is 6.54. The average Bonchev–Trinajstić information content (AvgIpc) is 1.81. The van der Waals surface area contributed by atoms with Gasteiger partial charge in [-0.3, -0.25) is 4.52 Å². The van der Waals surface area contributed by atoms with E-state index in [4.69, 9.17) is 20.0 Å². The molecule has 64 valence electrons. The molecule has 0 radical (unpaired) electrons. The monoisotopic (exact) mass is 196 g/mol. The summed E-state index contributed by atoms with van der Waals surface area (Å²) in [4.78, 5) is 16.1. The van der Waals surface area contributed by atoms with Crippen molar-refractivity contribution in [3.05, 3.63) is 0 Å². The van der Waals surface area contributed by atoms with Crippen LogP contribution in [0.1, 0.15) is 0 Å². The van der Waals surface area contributed by atoms with E-state index >= 15 is 0 Å². The van der Waals surface area contributed by atoms with Crippen molar-refractivity contribution in [1.29, 1.82) is 0 Å². The predicted molar refractivity (Wildman–Crippen MR) is 38.2 cm³/mol. The normalized spacial score (nSPS) is 13.8. The molecule has 4 N–H and O–H groups in total. The minimum atomic E-state index is -4.50. The number of rotatable bonds is 4. The maximum atomic E-state index is 9.93. The van der Waals surface area contributed by atoms with Crippen LogP contribution in [0.3, 0.4) is 0 Å². The molecule has 6 nitrogen and oxygen atoms in total. The van der Waals surface area contributed by atoms with Gasteiger partial charge in [-0.2, -0.15) is 0 Å². The van der Waals surface area contributed by atoms with Gasteiger partial charge in [0, 0.05) is 0 Å². The van der Waals surface area contributed by atoms with Crippen molar-refractivity contribution in [2.24, 2.45) is 0 Å². The number of hydrogen-bond donors (Lipinski definition) is 4. The van der Waals surface area contributed by atoms with Crippen LogP contribution in [0.25, 0.3) is 0 Å². The molecule has 0 saturated heterocycles. The molecule has 0 heterocycles. The fourth-order valence-electron chi connectivity index (χ4n) is 0.236. The molecule has 0 amide bonds. The van der Waals surface area contributed by atoms with Gasteiger partial charge in [0.15, 0.2) is 0 Å². The first kappa shape index (κ1) is 14.5. The van der Waals surface area contributed by atoms with Crippen LogP contribution in [-0.2, 0) is 9.09 Å². The predicted octanol–water partition coefficient (Wildman–Crippen LogP) is -2.20. The summed E-state index contributed by atoms with van der Waals surface area (Å²) < 4.78 is 13.8. The van der Waals surface area contributed by atoms with Gasteiger partial charge in [-0.15, -0.1) is 0 Å². The standard InChI is InChI=1S/C3H9O6P.Na.H/c4-1-3(5)2-9-10(6,7)8;;/h3-5H,1-2H2,(H2,6,7,8);;. The van der Waals surface area contributed by atoms with E-state index in [9.17, 15) is 4.57 Å². The van der Waals surface area contributed by atoms with Crippen LogP contribution in [0.4, 0.5) is 0 Å². The van der Waals surface area contributed by atoms with Gasteiger partial charge in [-0.25, -0.2) is 4.57 Å². The number of hydrogen-bond acceptors (Lipinski definition) is 4. The first-order chi connectivity index (χ1) is 4.45. The van der Waals surface area contributed by atoms with Crippen molar-refractivity contribution in [1.82, 2.24) is 0 Å². The third kappa shape index (κ3) is 11.0. The van der Waals surface area contributed by atoms with Gasteiger partial charge in [-0.05, 0) is 0 Å². The van der Waals surface area contributed by atoms with Crippen LogP contribution < -0.4 is 0 Å². The quantitative estimate of drug-likeness (QED) is 0.300. The zero-order valence-corrected chi connectivity index (χ0v) is 5.94. The Balaban J connectivity index is 0.